The van der Waals surface area contributed by atoms with E-state index in [1.165, 1.54) is 12.1 Å². The summed E-state index contributed by atoms with van der Waals surface area (Å²) in [5.41, 5.74) is -0.867. The first-order chi connectivity index (χ1) is 8.32. The fourth-order valence-electron chi connectivity index (χ4n) is 1.34. The molecule has 0 saturated heterocycles. The van der Waals surface area contributed by atoms with Crippen LogP contribution in [0.5, 0.6) is 0 Å². The molecule has 0 aliphatic carbocycles. The van der Waals surface area contributed by atoms with Gasteiger partial charge in [-0.1, -0.05) is 6.07 Å². The first-order valence-electron chi connectivity index (χ1n) is 4.60. The van der Waals surface area contributed by atoms with Gasteiger partial charge in [-0.05, 0) is 12.1 Å². The second-order valence-corrected chi connectivity index (χ2v) is 4.53. The van der Waals surface area contributed by atoms with Gasteiger partial charge in [-0.2, -0.15) is 8.42 Å². The van der Waals surface area contributed by atoms with Gasteiger partial charge in [-0.15, -0.1) is 0 Å². The number of esters is 2. The van der Waals surface area contributed by atoms with Gasteiger partial charge in [-0.25, -0.2) is 9.59 Å². The average Bonchev–Trinajstić information content (AvgIpc) is 2.34. The number of hydrogen-bond donors (Lipinski definition) is 1. The predicted octanol–water partition coefficient (Wildman–Crippen LogP) is -0.142. The zero-order valence-corrected chi connectivity index (χ0v) is 10.4. The van der Waals surface area contributed by atoms with Crippen LogP contribution < -0.4 is 0 Å². The van der Waals surface area contributed by atoms with Crippen LogP contribution in [0, 0.1) is 0 Å². The van der Waals surface area contributed by atoms with E-state index in [-0.39, 0.29) is 35.1 Å². The third-order valence-corrected chi connectivity index (χ3v) is 2.99. The van der Waals surface area contributed by atoms with Crippen LogP contribution in [-0.4, -0.2) is 68.7 Å². The second kappa shape index (κ2) is 7.01. The molecule has 9 heteroatoms. The van der Waals surface area contributed by atoms with E-state index >= 15 is 0 Å². The minimum atomic E-state index is -4.66. The maximum absolute atomic E-state index is 11.5. The molecule has 0 amide bonds. The summed E-state index contributed by atoms with van der Waals surface area (Å²) in [6, 6.07) is 3.36. The van der Waals surface area contributed by atoms with E-state index in [9.17, 15) is 18.0 Å². The SMILES string of the molecule is COC(=O)c1cccc(S(=O)(=O)O)c1C(=O)OC.[NaH]. The molecule has 0 radical (unpaired) electrons. The van der Waals surface area contributed by atoms with Gasteiger partial charge in [0.05, 0.1) is 25.3 Å². The van der Waals surface area contributed by atoms with E-state index in [4.69, 9.17) is 4.55 Å². The van der Waals surface area contributed by atoms with E-state index in [1.54, 1.807) is 0 Å². The predicted molar refractivity (Wildman–Crippen MR) is 66.1 cm³/mol. The van der Waals surface area contributed by atoms with Crippen LogP contribution in [0.15, 0.2) is 23.1 Å². The Kier molecular flexibility index (Phi) is 6.67. The first-order valence-corrected chi connectivity index (χ1v) is 6.04. The van der Waals surface area contributed by atoms with Crippen LogP contribution in [0.1, 0.15) is 20.7 Å². The molecule has 0 aliphatic heterocycles. The van der Waals surface area contributed by atoms with Crippen molar-refractivity contribution in [2.45, 2.75) is 4.90 Å². The number of methoxy groups -OCH3 is 2. The van der Waals surface area contributed by atoms with Crippen LogP contribution in [0.3, 0.4) is 0 Å². The van der Waals surface area contributed by atoms with Gasteiger partial charge in [0.25, 0.3) is 10.1 Å². The van der Waals surface area contributed by atoms with Crippen molar-refractivity contribution in [2.75, 3.05) is 14.2 Å². The van der Waals surface area contributed by atoms with Crippen LogP contribution in [0.2, 0.25) is 0 Å². The number of benzene rings is 1. The van der Waals surface area contributed by atoms with E-state index < -0.39 is 32.5 Å². The second-order valence-electron chi connectivity index (χ2n) is 3.14. The zero-order chi connectivity index (χ0) is 13.9. The van der Waals surface area contributed by atoms with E-state index in [2.05, 4.69) is 9.47 Å². The van der Waals surface area contributed by atoms with Crippen molar-refractivity contribution in [3.8, 4) is 0 Å². The summed E-state index contributed by atoms with van der Waals surface area (Å²) in [5.74, 6) is -1.98. The molecule has 0 unspecified atom stereocenters. The summed E-state index contributed by atoms with van der Waals surface area (Å²) in [7, 11) is -2.57. The molecule has 100 valence electrons. The molecule has 0 fully saturated rings. The topological polar surface area (TPSA) is 107 Å². The van der Waals surface area contributed by atoms with Crippen LogP contribution >= 0.6 is 0 Å². The molecule has 0 saturated carbocycles. The Morgan fingerprint density at radius 2 is 1.63 bits per heavy atom. The first kappa shape index (κ1) is 18.1. The number of carbonyl (C=O) groups is 2. The molecular formula is C10H11NaO7S. The van der Waals surface area contributed by atoms with Crippen LogP contribution in [0.4, 0.5) is 0 Å². The van der Waals surface area contributed by atoms with Crippen molar-refractivity contribution >= 4 is 51.6 Å². The van der Waals surface area contributed by atoms with Gasteiger partial charge < -0.3 is 9.47 Å². The number of carbonyl (C=O) groups excluding carboxylic acids is 2. The molecule has 7 nitrogen and oxygen atoms in total. The monoisotopic (exact) mass is 298 g/mol. The normalized spacial score (nSPS) is 10.3. The van der Waals surface area contributed by atoms with Gasteiger partial charge >= 0.3 is 41.5 Å². The molecule has 0 aliphatic rings. The Morgan fingerprint density at radius 3 is 2.05 bits per heavy atom. The Labute approximate surface area is 131 Å². The van der Waals surface area contributed by atoms with Crippen molar-refractivity contribution < 1.29 is 32.0 Å². The molecule has 0 spiro atoms. The van der Waals surface area contributed by atoms with Crippen molar-refractivity contribution in [2.24, 2.45) is 0 Å². The summed E-state index contributed by atoms with van der Waals surface area (Å²) in [6.07, 6.45) is 0. The van der Waals surface area contributed by atoms with Crippen molar-refractivity contribution in [3.63, 3.8) is 0 Å². The Hall–Kier alpha value is -0.930. The zero-order valence-electron chi connectivity index (χ0n) is 9.54. The van der Waals surface area contributed by atoms with Crippen molar-refractivity contribution in [1.29, 1.82) is 0 Å². The Bertz CT molecular complexity index is 594. The summed E-state index contributed by atoms with van der Waals surface area (Å²) in [5, 5.41) is 0. The standard InChI is InChI=1S/C10H10O7S.Na.H/c1-16-9(11)6-4-3-5-7(18(13,14)15)8(6)10(12)17-2;;/h3-5H,1-2H3,(H,13,14,15);;. The number of rotatable bonds is 3. The summed E-state index contributed by atoms with van der Waals surface area (Å²) >= 11 is 0. The molecule has 0 bridgehead atoms. The third kappa shape index (κ3) is 4.02. The van der Waals surface area contributed by atoms with Gasteiger partial charge in [0, 0.05) is 0 Å². The van der Waals surface area contributed by atoms with Crippen molar-refractivity contribution in [1.82, 2.24) is 0 Å². The van der Waals surface area contributed by atoms with Gasteiger partial charge in [0.15, 0.2) is 0 Å². The summed E-state index contributed by atoms with van der Waals surface area (Å²) in [6.45, 7) is 0. The summed E-state index contributed by atoms with van der Waals surface area (Å²) in [4.78, 5) is 22.2. The minimum absolute atomic E-state index is 0. The van der Waals surface area contributed by atoms with E-state index in [1.807, 2.05) is 0 Å². The van der Waals surface area contributed by atoms with Gasteiger partial charge in [-0.3, -0.25) is 4.55 Å². The average molecular weight is 298 g/mol. The number of hydrogen-bond acceptors (Lipinski definition) is 6. The third-order valence-electron chi connectivity index (χ3n) is 2.10. The Balaban J connectivity index is 0.00000324. The molecule has 0 heterocycles. The molecule has 1 aromatic rings. The quantitative estimate of drug-likeness (QED) is 0.470. The molecule has 0 aromatic heterocycles. The molecule has 0 atom stereocenters. The van der Waals surface area contributed by atoms with E-state index in [0.29, 0.717) is 0 Å². The molecule has 1 aromatic carbocycles. The van der Waals surface area contributed by atoms with Crippen LogP contribution in [-0.2, 0) is 19.6 Å². The fourth-order valence-corrected chi connectivity index (χ4v) is 2.04. The molecular weight excluding hydrogens is 287 g/mol. The molecule has 19 heavy (non-hydrogen) atoms. The van der Waals surface area contributed by atoms with E-state index in [0.717, 1.165) is 20.3 Å². The van der Waals surface area contributed by atoms with Crippen LogP contribution in [0.25, 0.3) is 0 Å². The maximum atomic E-state index is 11.5. The fraction of sp³-hybridized carbons (Fsp3) is 0.200. The van der Waals surface area contributed by atoms with Gasteiger partial charge in [0.1, 0.15) is 4.90 Å². The summed E-state index contributed by atoms with van der Waals surface area (Å²) < 4.78 is 40.1. The Morgan fingerprint density at radius 1 is 1.11 bits per heavy atom. The van der Waals surface area contributed by atoms with Crippen molar-refractivity contribution in [3.05, 3.63) is 29.3 Å². The number of ether oxygens (including phenoxy) is 2. The molecule has 1 N–H and O–H groups in total. The molecule has 1 rings (SSSR count). The van der Waals surface area contributed by atoms with Gasteiger partial charge in [0.2, 0.25) is 0 Å².